The Morgan fingerprint density at radius 1 is 1.31 bits per heavy atom. The summed E-state index contributed by atoms with van der Waals surface area (Å²) in [7, 11) is 1.87. The first-order valence-corrected chi connectivity index (χ1v) is 10.4. The van der Waals surface area contributed by atoms with E-state index in [1.54, 1.807) is 0 Å². The molecular formula is C20H28N4OS. The second kappa shape index (κ2) is 7.14. The molecule has 26 heavy (non-hydrogen) atoms. The van der Waals surface area contributed by atoms with Gasteiger partial charge in [-0.05, 0) is 37.8 Å². The summed E-state index contributed by atoms with van der Waals surface area (Å²) in [5.41, 5.74) is 0.100. The van der Waals surface area contributed by atoms with Gasteiger partial charge in [0.05, 0.1) is 0 Å². The fourth-order valence-electron chi connectivity index (χ4n) is 4.19. The highest BCUT2D eigenvalue weighted by Crippen LogP contribution is 2.51. The van der Waals surface area contributed by atoms with Gasteiger partial charge < -0.3 is 15.5 Å². The van der Waals surface area contributed by atoms with E-state index in [1.165, 1.54) is 17.7 Å². The molecule has 1 unspecified atom stereocenters. The van der Waals surface area contributed by atoms with Crippen LogP contribution in [0.2, 0.25) is 0 Å². The third kappa shape index (κ3) is 3.85. The van der Waals surface area contributed by atoms with Crippen molar-refractivity contribution >= 4 is 23.6 Å². The highest BCUT2D eigenvalue weighted by molar-refractivity contribution is 8.01. The van der Waals surface area contributed by atoms with E-state index in [4.69, 9.17) is 0 Å². The third-order valence-corrected chi connectivity index (χ3v) is 7.32. The number of aliphatic imine (C=N–C) groups is 1. The number of nitrogens with zero attached hydrogens (tertiary/aromatic N) is 2. The summed E-state index contributed by atoms with van der Waals surface area (Å²) in [4.78, 5) is 20.0. The monoisotopic (exact) mass is 372 g/mol. The molecule has 1 saturated carbocycles. The fraction of sp³-hybridized carbons (Fsp3) is 0.600. The van der Waals surface area contributed by atoms with E-state index in [0.29, 0.717) is 11.2 Å². The Balaban J connectivity index is 1.35. The van der Waals surface area contributed by atoms with E-state index < -0.39 is 0 Å². The average Bonchev–Trinajstić information content (AvgIpc) is 3.32. The summed E-state index contributed by atoms with van der Waals surface area (Å²) in [6.45, 7) is 3.70. The molecule has 1 amide bonds. The number of benzene rings is 1. The van der Waals surface area contributed by atoms with Crippen LogP contribution < -0.4 is 10.6 Å². The Morgan fingerprint density at radius 3 is 2.77 bits per heavy atom. The fourth-order valence-corrected chi connectivity index (χ4v) is 5.44. The van der Waals surface area contributed by atoms with Crippen LogP contribution in [0.5, 0.6) is 0 Å². The van der Waals surface area contributed by atoms with Gasteiger partial charge in [0.1, 0.15) is 0 Å². The first-order chi connectivity index (χ1) is 12.6. The van der Waals surface area contributed by atoms with E-state index in [1.807, 2.05) is 18.8 Å². The lowest BCUT2D eigenvalue weighted by atomic mass is 9.79. The molecule has 1 aromatic rings. The number of likely N-dealkylation sites (tertiary alicyclic amines) is 1. The van der Waals surface area contributed by atoms with Crippen molar-refractivity contribution in [2.24, 2.45) is 10.4 Å². The largest absolute Gasteiger partial charge is 0.355 e. The molecule has 5 nitrogen and oxygen atoms in total. The number of guanidine groups is 1. The molecule has 3 aliphatic rings. The van der Waals surface area contributed by atoms with Crippen LogP contribution in [0.1, 0.15) is 32.1 Å². The van der Waals surface area contributed by atoms with E-state index >= 15 is 0 Å². The van der Waals surface area contributed by atoms with Crippen LogP contribution in [-0.2, 0) is 4.79 Å². The van der Waals surface area contributed by atoms with Crippen molar-refractivity contribution < 1.29 is 4.79 Å². The van der Waals surface area contributed by atoms with Crippen LogP contribution in [0, 0.1) is 5.41 Å². The summed E-state index contributed by atoms with van der Waals surface area (Å²) in [6, 6.07) is 10.7. The van der Waals surface area contributed by atoms with Crippen molar-refractivity contribution in [2.75, 3.05) is 33.2 Å². The number of thioether (sulfide) groups is 1. The molecule has 0 radical (unpaired) electrons. The summed E-state index contributed by atoms with van der Waals surface area (Å²) in [6.07, 6.45) is 5.42. The van der Waals surface area contributed by atoms with Crippen molar-refractivity contribution in [2.45, 2.75) is 41.7 Å². The minimum absolute atomic E-state index is 0.100. The predicted molar refractivity (Wildman–Crippen MR) is 106 cm³/mol. The molecule has 0 bridgehead atoms. The zero-order chi connectivity index (χ0) is 18.0. The highest BCUT2D eigenvalue weighted by atomic mass is 32.2. The lowest BCUT2D eigenvalue weighted by Gasteiger charge is -2.41. The zero-order valence-electron chi connectivity index (χ0n) is 15.5. The molecule has 1 aromatic carbocycles. The predicted octanol–water partition coefficient (Wildman–Crippen LogP) is 2.49. The van der Waals surface area contributed by atoms with Gasteiger partial charge in [0.2, 0.25) is 5.91 Å². The number of carbonyl (C=O) groups is 1. The van der Waals surface area contributed by atoms with Gasteiger partial charge in [0, 0.05) is 54.7 Å². The summed E-state index contributed by atoms with van der Waals surface area (Å²) < 4.78 is 0.301. The Morgan fingerprint density at radius 2 is 2.12 bits per heavy atom. The molecule has 2 aliphatic heterocycles. The zero-order valence-corrected chi connectivity index (χ0v) is 16.3. The van der Waals surface area contributed by atoms with E-state index in [-0.39, 0.29) is 11.3 Å². The van der Waals surface area contributed by atoms with Gasteiger partial charge in [-0.1, -0.05) is 18.2 Å². The van der Waals surface area contributed by atoms with Crippen LogP contribution in [0.25, 0.3) is 0 Å². The number of carbonyl (C=O) groups excluding carboxylic acids is 1. The van der Waals surface area contributed by atoms with Gasteiger partial charge in [-0.25, -0.2) is 0 Å². The van der Waals surface area contributed by atoms with Gasteiger partial charge in [0.25, 0.3) is 0 Å². The highest BCUT2D eigenvalue weighted by Gasteiger charge is 2.45. The second-order valence-corrected chi connectivity index (χ2v) is 9.52. The topological polar surface area (TPSA) is 56.7 Å². The molecule has 1 spiro atoms. The molecule has 3 fully saturated rings. The lowest BCUT2D eigenvalue weighted by molar-refractivity contribution is -0.119. The number of hydrogen-bond donors (Lipinski definition) is 2. The van der Waals surface area contributed by atoms with Crippen molar-refractivity contribution in [3.05, 3.63) is 30.3 Å². The smallest absolute Gasteiger partial charge is 0.220 e. The van der Waals surface area contributed by atoms with E-state index in [0.717, 1.165) is 45.0 Å². The Labute approximate surface area is 160 Å². The first-order valence-electron chi connectivity index (χ1n) is 9.59. The Hall–Kier alpha value is -1.69. The molecule has 1 atom stereocenters. The van der Waals surface area contributed by atoms with Crippen LogP contribution in [-0.4, -0.2) is 54.7 Å². The maximum absolute atomic E-state index is 11.7. The van der Waals surface area contributed by atoms with Crippen LogP contribution >= 0.6 is 11.8 Å². The van der Waals surface area contributed by atoms with Crippen LogP contribution in [0.15, 0.2) is 40.2 Å². The number of piperidine rings is 1. The van der Waals surface area contributed by atoms with E-state index in [9.17, 15) is 4.79 Å². The quantitative estimate of drug-likeness (QED) is 0.630. The number of amides is 1. The first kappa shape index (κ1) is 17.7. The summed E-state index contributed by atoms with van der Waals surface area (Å²) in [5.74, 6) is 1.19. The Bertz CT molecular complexity index is 688. The summed E-state index contributed by atoms with van der Waals surface area (Å²) in [5, 5.41) is 6.65. The number of nitrogens with one attached hydrogen (secondary N) is 2. The van der Waals surface area contributed by atoms with Crippen molar-refractivity contribution in [3.63, 3.8) is 0 Å². The standard InChI is InChI=1S/C20H28N4OS/c1-21-18(24-11-5-8-19(15-24)12-17(25)22-13-19)23-14-20(9-10-20)26-16-6-3-2-4-7-16/h2-4,6-7H,5,8-15H2,1H3,(H,21,23)(H,22,25). The molecule has 2 saturated heterocycles. The molecule has 2 N–H and O–H groups in total. The molecule has 140 valence electrons. The molecule has 1 aliphatic carbocycles. The number of hydrogen-bond acceptors (Lipinski definition) is 3. The minimum Gasteiger partial charge on any atom is -0.355 e. The Kier molecular flexibility index (Phi) is 4.86. The maximum Gasteiger partial charge on any atom is 0.220 e. The molecule has 6 heteroatoms. The van der Waals surface area contributed by atoms with Gasteiger partial charge >= 0.3 is 0 Å². The molecule has 0 aromatic heterocycles. The molecule has 2 heterocycles. The van der Waals surface area contributed by atoms with Gasteiger partial charge in [0.15, 0.2) is 5.96 Å². The summed E-state index contributed by atoms with van der Waals surface area (Å²) >= 11 is 1.98. The van der Waals surface area contributed by atoms with Crippen molar-refractivity contribution in [1.29, 1.82) is 0 Å². The van der Waals surface area contributed by atoms with Crippen molar-refractivity contribution in [3.8, 4) is 0 Å². The van der Waals surface area contributed by atoms with Crippen molar-refractivity contribution in [1.82, 2.24) is 15.5 Å². The normalized spacial score (nSPS) is 27.5. The minimum atomic E-state index is 0.100. The molecule has 4 rings (SSSR count). The van der Waals surface area contributed by atoms with Gasteiger partial charge in [-0.15, -0.1) is 11.8 Å². The maximum atomic E-state index is 11.7. The average molecular weight is 373 g/mol. The van der Waals surface area contributed by atoms with Gasteiger partial charge in [-0.2, -0.15) is 0 Å². The van der Waals surface area contributed by atoms with Crippen LogP contribution in [0.4, 0.5) is 0 Å². The SMILES string of the molecule is CN=C(NCC1(Sc2ccccc2)CC1)N1CCCC2(CNC(=O)C2)C1. The lowest BCUT2D eigenvalue weighted by Crippen LogP contribution is -2.52. The van der Waals surface area contributed by atoms with Crippen LogP contribution in [0.3, 0.4) is 0 Å². The number of rotatable bonds is 4. The third-order valence-electron chi connectivity index (χ3n) is 5.82. The molecular weight excluding hydrogens is 344 g/mol. The van der Waals surface area contributed by atoms with E-state index in [2.05, 4.69) is 50.9 Å². The van der Waals surface area contributed by atoms with Gasteiger partial charge in [-0.3, -0.25) is 9.79 Å². The second-order valence-electron chi connectivity index (χ2n) is 7.98.